The third-order valence-electron chi connectivity index (χ3n) is 1.46. The van der Waals surface area contributed by atoms with Crippen LogP contribution in [0.4, 0.5) is 0 Å². The van der Waals surface area contributed by atoms with Crippen LogP contribution in [0.15, 0.2) is 47.4 Å². The monoisotopic (exact) mass is 243 g/mol. The Morgan fingerprint density at radius 2 is 1.69 bits per heavy atom. The summed E-state index contributed by atoms with van der Waals surface area (Å²) in [6.07, 6.45) is 0. The van der Waals surface area contributed by atoms with E-state index in [1.54, 1.807) is 25.1 Å². The number of carbonyl (C=O) groups is 1. The van der Waals surface area contributed by atoms with Crippen LogP contribution in [-0.2, 0) is 14.9 Å². The first-order chi connectivity index (χ1) is 7.25. The Labute approximate surface area is 94.3 Å². The fraction of sp³-hybridized carbons (Fsp3) is 0.100. The maximum absolute atomic E-state index is 10.4. The van der Waals surface area contributed by atoms with Gasteiger partial charge in [-0.2, -0.15) is 8.42 Å². The summed E-state index contributed by atoms with van der Waals surface area (Å²) in [6.45, 7) is 4.85. The molecule has 0 saturated heterocycles. The van der Waals surface area contributed by atoms with E-state index in [-0.39, 0.29) is 4.90 Å². The molecule has 0 aromatic heterocycles. The molecule has 1 amide bonds. The first kappa shape index (κ1) is 14.3. The van der Waals surface area contributed by atoms with Crippen molar-refractivity contribution in [3.05, 3.63) is 42.5 Å². The molecule has 3 N–H and O–H groups in total. The Kier molecular flexibility index (Phi) is 5.41. The Balaban J connectivity index is 0.000000325. The summed E-state index contributed by atoms with van der Waals surface area (Å²) in [7, 11) is -4.00. The topological polar surface area (TPSA) is 97.5 Å². The molecule has 16 heavy (non-hydrogen) atoms. The molecule has 0 fully saturated rings. The molecule has 0 bridgehead atoms. The van der Waals surface area contributed by atoms with Gasteiger partial charge in [-0.05, 0) is 19.1 Å². The second kappa shape index (κ2) is 6.04. The number of benzene rings is 1. The summed E-state index contributed by atoms with van der Waals surface area (Å²) < 4.78 is 29.2. The second-order valence-corrected chi connectivity index (χ2v) is 4.35. The first-order valence-electron chi connectivity index (χ1n) is 4.23. The summed E-state index contributed by atoms with van der Waals surface area (Å²) in [5.41, 5.74) is 5.09. The van der Waals surface area contributed by atoms with Gasteiger partial charge in [0.15, 0.2) is 0 Å². The van der Waals surface area contributed by atoms with Gasteiger partial charge in [-0.15, -0.1) is 0 Å². The third-order valence-corrected chi connectivity index (χ3v) is 2.33. The number of carbonyl (C=O) groups excluding carboxylic acids is 1. The highest BCUT2D eigenvalue weighted by molar-refractivity contribution is 7.85. The highest BCUT2D eigenvalue weighted by atomic mass is 32.2. The number of hydrogen-bond acceptors (Lipinski definition) is 3. The normalized spacial score (nSPS) is 9.88. The summed E-state index contributed by atoms with van der Waals surface area (Å²) in [5, 5.41) is 0. The highest BCUT2D eigenvalue weighted by Gasteiger charge is 2.05. The quantitative estimate of drug-likeness (QED) is 0.597. The van der Waals surface area contributed by atoms with E-state index in [2.05, 4.69) is 6.58 Å². The van der Waals surface area contributed by atoms with Gasteiger partial charge in [0, 0.05) is 5.57 Å². The van der Waals surface area contributed by atoms with E-state index in [0.29, 0.717) is 5.57 Å². The summed E-state index contributed by atoms with van der Waals surface area (Å²) in [4.78, 5) is 9.75. The van der Waals surface area contributed by atoms with E-state index >= 15 is 0 Å². The molecule has 0 spiro atoms. The van der Waals surface area contributed by atoms with Crippen molar-refractivity contribution in [3.63, 3.8) is 0 Å². The van der Waals surface area contributed by atoms with Gasteiger partial charge in [0.1, 0.15) is 0 Å². The van der Waals surface area contributed by atoms with E-state index < -0.39 is 16.0 Å². The van der Waals surface area contributed by atoms with Crippen LogP contribution < -0.4 is 5.73 Å². The molecule has 0 radical (unpaired) electrons. The molecule has 88 valence electrons. The van der Waals surface area contributed by atoms with Gasteiger partial charge >= 0.3 is 0 Å². The van der Waals surface area contributed by atoms with E-state index in [9.17, 15) is 13.2 Å². The van der Waals surface area contributed by atoms with E-state index in [1.165, 1.54) is 12.1 Å². The van der Waals surface area contributed by atoms with E-state index in [1.807, 2.05) is 0 Å². The van der Waals surface area contributed by atoms with Crippen LogP contribution in [0, 0.1) is 0 Å². The molecule has 1 aromatic carbocycles. The minimum Gasteiger partial charge on any atom is -0.366 e. The zero-order chi connectivity index (χ0) is 12.8. The lowest BCUT2D eigenvalue weighted by Gasteiger charge is -1.92. The molecule has 0 aliphatic carbocycles. The van der Waals surface area contributed by atoms with Gasteiger partial charge in [-0.3, -0.25) is 9.35 Å². The van der Waals surface area contributed by atoms with Crippen LogP contribution >= 0.6 is 0 Å². The van der Waals surface area contributed by atoms with Gasteiger partial charge in [-0.25, -0.2) is 0 Å². The second-order valence-electron chi connectivity index (χ2n) is 2.93. The zero-order valence-corrected chi connectivity index (χ0v) is 9.57. The lowest BCUT2D eigenvalue weighted by Crippen LogP contribution is -2.10. The molecule has 0 saturated carbocycles. The molecule has 1 rings (SSSR count). The number of rotatable bonds is 2. The Bertz CT molecular complexity index is 453. The summed E-state index contributed by atoms with van der Waals surface area (Å²) in [6, 6.07) is 7.42. The molecule has 1 aromatic rings. The Morgan fingerprint density at radius 3 is 1.88 bits per heavy atom. The number of amides is 1. The van der Waals surface area contributed by atoms with Gasteiger partial charge in [0.25, 0.3) is 10.1 Å². The van der Waals surface area contributed by atoms with Gasteiger partial charge in [-0.1, -0.05) is 24.8 Å². The SMILES string of the molecule is C=C(C)C(N)=O.O=S(=O)(O)c1ccccc1. The Morgan fingerprint density at radius 1 is 1.31 bits per heavy atom. The Hall–Kier alpha value is -1.66. The smallest absolute Gasteiger partial charge is 0.294 e. The molecule has 0 aliphatic heterocycles. The van der Waals surface area contributed by atoms with Crippen LogP contribution in [0.1, 0.15) is 6.92 Å². The largest absolute Gasteiger partial charge is 0.366 e. The third kappa shape index (κ3) is 5.94. The van der Waals surface area contributed by atoms with Crippen LogP contribution in [0.3, 0.4) is 0 Å². The lowest BCUT2D eigenvalue weighted by molar-refractivity contribution is -0.114. The predicted molar refractivity (Wildman–Crippen MR) is 60.3 cm³/mol. The maximum Gasteiger partial charge on any atom is 0.294 e. The first-order valence-corrected chi connectivity index (χ1v) is 5.67. The van der Waals surface area contributed by atoms with Crippen molar-refractivity contribution in [2.24, 2.45) is 5.73 Å². The average molecular weight is 243 g/mol. The van der Waals surface area contributed by atoms with Crippen LogP contribution in [0.5, 0.6) is 0 Å². The van der Waals surface area contributed by atoms with Crippen LogP contribution in [0.2, 0.25) is 0 Å². The minimum atomic E-state index is -4.00. The van der Waals surface area contributed by atoms with Gasteiger partial charge in [0.05, 0.1) is 4.90 Å². The number of primary amides is 1. The highest BCUT2D eigenvalue weighted by Crippen LogP contribution is 2.05. The molecular weight excluding hydrogens is 230 g/mol. The van der Waals surface area contributed by atoms with Gasteiger partial charge < -0.3 is 5.73 Å². The average Bonchev–Trinajstić information content (AvgIpc) is 2.18. The van der Waals surface area contributed by atoms with Gasteiger partial charge in [0.2, 0.25) is 5.91 Å². The van der Waals surface area contributed by atoms with Crippen molar-refractivity contribution in [2.75, 3.05) is 0 Å². The zero-order valence-electron chi connectivity index (χ0n) is 8.75. The molecular formula is C10H13NO4S. The molecule has 5 nitrogen and oxygen atoms in total. The fourth-order valence-corrected chi connectivity index (χ4v) is 1.09. The van der Waals surface area contributed by atoms with Crippen LogP contribution in [-0.4, -0.2) is 18.9 Å². The summed E-state index contributed by atoms with van der Waals surface area (Å²) >= 11 is 0. The van der Waals surface area contributed by atoms with Crippen LogP contribution in [0.25, 0.3) is 0 Å². The van der Waals surface area contributed by atoms with Crippen molar-refractivity contribution in [1.29, 1.82) is 0 Å². The molecule has 0 heterocycles. The number of nitrogens with two attached hydrogens (primary N) is 1. The predicted octanol–water partition coefficient (Wildman–Crippen LogP) is 0.981. The van der Waals surface area contributed by atoms with Crippen molar-refractivity contribution in [3.8, 4) is 0 Å². The van der Waals surface area contributed by atoms with Crippen molar-refractivity contribution < 1.29 is 17.8 Å². The molecule has 0 atom stereocenters. The van der Waals surface area contributed by atoms with E-state index in [4.69, 9.17) is 10.3 Å². The summed E-state index contributed by atoms with van der Waals surface area (Å²) in [5.74, 6) is -0.435. The van der Waals surface area contributed by atoms with Crippen molar-refractivity contribution in [1.82, 2.24) is 0 Å². The lowest BCUT2D eigenvalue weighted by atomic mass is 10.3. The van der Waals surface area contributed by atoms with Crippen molar-refractivity contribution >= 4 is 16.0 Å². The van der Waals surface area contributed by atoms with E-state index in [0.717, 1.165) is 0 Å². The molecule has 6 heteroatoms. The number of hydrogen-bond donors (Lipinski definition) is 2. The minimum absolute atomic E-state index is 0.0741. The molecule has 0 unspecified atom stereocenters. The standard InChI is InChI=1S/C6H6O3S.C4H7NO/c7-10(8,9)6-4-2-1-3-5-6;1-3(2)4(5)6/h1-5H,(H,7,8,9);1H2,2H3,(H2,5,6). The fourth-order valence-electron chi connectivity index (χ4n) is 0.592. The van der Waals surface area contributed by atoms with Crippen molar-refractivity contribution in [2.45, 2.75) is 11.8 Å². The maximum atomic E-state index is 10.4. The molecule has 0 aliphatic rings.